The van der Waals surface area contributed by atoms with Crippen LogP contribution in [-0.2, 0) is 11.3 Å². The zero-order chi connectivity index (χ0) is 14.3. The molecular formula is C13H20N2O4. The average Bonchev–Trinajstić information content (AvgIpc) is 2.37. The Morgan fingerprint density at radius 2 is 2.11 bits per heavy atom. The summed E-state index contributed by atoms with van der Waals surface area (Å²) in [6, 6.07) is 4.63. The van der Waals surface area contributed by atoms with E-state index in [-0.39, 0.29) is 18.0 Å². The van der Waals surface area contributed by atoms with E-state index in [1.54, 1.807) is 12.1 Å². The third-order valence-corrected chi connectivity index (χ3v) is 2.39. The highest BCUT2D eigenvalue weighted by molar-refractivity contribution is 5.48. The summed E-state index contributed by atoms with van der Waals surface area (Å²) >= 11 is 0. The van der Waals surface area contributed by atoms with Crippen LogP contribution in [0.5, 0.6) is 5.75 Å². The maximum absolute atomic E-state index is 10.9. The molecule has 2 N–H and O–H groups in total. The van der Waals surface area contributed by atoms with Crippen LogP contribution in [0.3, 0.4) is 0 Å². The lowest BCUT2D eigenvalue weighted by Gasteiger charge is -2.09. The first-order valence-corrected chi connectivity index (χ1v) is 6.22. The minimum absolute atomic E-state index is 0.0546. The smallest absolute Gasteiger partial charge is 0.310 e. The quantitative estimate of drug-likeness (QED) is 0.443. The zero-order valence-corrected chi connectivity index (χ0v) is 11.3. The minimum atomic E-state index is -0.468. The van der Waals surface area contributed by atoms with Crippen molar-refractivity contribution in [3.8, 4) is 5.75 Å². The van der Waals surface area contributed by atoms with Crippen LogP contribution in [0.1, 0.15) is 19.4 Å². The average molecular weight is 268 g/mol. The molecule has 0 bridgehead atoms. The first-order chi connectivity index (χ1) is 9.04. The summed E-state index contributed by atoms with van der Waals surface area (Å²) in [5, 5.41) is 10.9. The number of nitro groups is 1. The van der Waals surface area contributed by atoms with Gasteiger partial charge < -0.3 is 15.2 Å². The summed E-state index contributed by atoms with van der Waals surface area (Å²) in [5.74, 6) is 0.691. The van der Waals surface area contributed by atoms with E-state index in [4.69, 9.17) is 15.2 Å². The summed E-state index contributed by atoms with van der Waals surface area (Å²) in [7, 11) is 0. The van der Waals surface area contributed by atoms with E-state index >= 15 is 0 Å². The molecule has 19 heavy (non-hydrogen) atoms. The van der Waals surface area contributed by atoms with Gasteiger partial charge in [0.05, 0.1) is 11.5 Å². The number of nitro benzene ring substituents is 1. The fraction of sp³-hybridized carbons (Fsp3) is 0.538. The molecule has 0 aliphatic rings. The Morgan fingerprint density at radius 3 is 2.68 bits per heavy atom. The predicted molar refractivity (Wildman–Crippen MR) is 72.1 cm³/mol. The number of rotatable bonds is 8. The Kier molecular flexibility index (Phi) is 6.24. The molecule has 1 rings (SSSR count). The van der Waals surface area contributed by atoms with E-state index in [9.17, 15) is 10.1 Å². The van der Waals surface area contributed by atoms with Gasteiger partial charge in [0.1, 0.15) is 6.61 Å². The molecule has 0 aliphatic carbocycles. The van der Waals surface area contributed by atoms with Gasteiger partial charge >= 0.3 is 5.69 Å². The van der Waals surface area contributed by atoms with Crippen LogP contribution in [0, 0.1) is 16.0 Å². The summed E-state index contributed by atoms with van der Waals surface area (Å²) in [5.41, 5.74) is 6.24. The monoisotopic (exact) mass is 268 g/mol. The largest absolute Gasteiger partial charge is 0.484 e. The second-order valence-corrected chi connectivity index (χ2v) is 4.58. The van der Waals surface area contributed by atoms with Crippen LogP contribution in [0.2, 0.25) is 0 Å². The van der Waals surface area contributed by atoms with E-state index in [2.05, 4.69) is 13.8 Å². The van der Waals surface area contributed by atoms with Crippen molar-refractivity contribution in [1.29, 1.82) is 0 Å². The maximum Gasteiger partial charge on any atom is 0.310 e. The molecule has 0 saturated carbocycles. The normalized spacial score (nSPS) is 10.7. The lowest BCUT2D eigenvalue weighted by atomic mass is 10.2. The standard InChI is InChI=1S/C13H20N2O4/c1-10(2)9-18-5-6-19-13-7-11(8-14)3-4-12(13)15(16)17/h3-4,7,10H,5-6,8-9,14H2,1-2H3. The first-order valence-electron chi connectivity index (χ1n) is 6.22. The van der Waals surface area contributed by atoms with Gasteiger partial charge in [-0.05, 0) is 17.5 Å². The van der Waals surface area contributed by atoms with Crippen molar-refractivity contribution in [3.63, 3.8) is 0 Å². The van der Waals surface area contributed by atoms with E-state index in [0.29, 0.717) is 25.7 Å². The molecule has 0 atom stereocenters. The number of hydrogen-bond donors (Lipinski definition) is 1. The topological polar surface area (TPSA) is 87.6 Å². The molecule has 106 valence electrons. The molecule has 0 heterocycles. The molecule has 0 unspecified atom stereocenters. The van der Waals surface area contributed by atoms with Crippen molar-refractivity contribution in [2.75, 3.05) is 19.8 Å². The zero-order valence-electron chi connectivity index (χ0n) is 11.3. The van der Waals surface area contributed by atoms with E-state index in [1.165, 1.54) is 6.07 Å². The number of ether oxygens (including phenoxy) is 2. The lowest BCUT2D eigenvalue weighted by Crippen LogP contribution is -2.11. The van der Waals surface area contributed by atoms with Crippen molar-refractivity contribution in [3.05, 3.63) is 33.9 Å². The van der Waals surface area contributed by atoms with Gasteiger partial charge in [0.2, 0.25) is 0 Å². The maximum atomic E-state index is 10.9. The lowest BCUT2D eigenvalue weighted by molar-refractivity contribution is -0.385. The van der Waals surface area contributed by atoms with Crippen LogP contribution < -0.4 is 10.5 Å². The van der Waals surface area contributed by atoms with Crippen LogP contribution in [0.25, 0.3) is 0 Å². The predicted octanol–water partition coefficient (Wildman–Crippen LogP) is 2.10. The minimum Gasteiger partial charge on any atom is -0.484 e. The number of hydrogen-bond acceptors (Lipinski definition) is 5. The van der Waals surface area contributed by atoms with Crippen LogP contribution in [0.4, 0.5) is 5.69 Å². The molecule has 0 saturated heterocycles. The Bertz CT molecular complexity index is 421. The highest BCUT2D eigenvalue weighted by Gasteiger charge is 2.15. The van der Waals surface area contributed by atoms with Gasteiger partial charge in [-0.2, -0.15) is 0 Å². The van der Waals surface area contributed by atoms with Crippen molar-refractivity contribution in [2.24, 2.45) is 11.7 Å². The van der Waals surface area contributed by atoms with Gasteiger partial charge in [-0.3, -0.25) is 10.1 Å². The SMILES string of the molecule is CC(C)COCCOc1cc(CN)ccc1[N+](=O)[O-]. The summed E-state index contributed by atoms with van der Waals surface area (Å²) < 4.78 is 10.8. The van der Waals surface area contributed by atoms with Gasteiger partial charge in [-0.1, -0.05) is 19.9 Å². The first kappa shape index (κ1) is 15.4. The molecule has 1 aromatic carbocycles. The third kappa shape index (κ3) is 5.23. The molecule has 0 aliphatic heterocycles. The Labute approximate surface area is 112 Å². The highest BCUT2D eigenvalue weighted by atomic mass is 16.6. The van der Waals surface area contributed by atoms with Gasteiger partial charge in [0.15, 0.2) is 5.75 Å². The van der Waals surface area contributed by atoms with Gasteiger partial charge in [-0.25, -0.2) is 0 Å². The van der Waals surface area contributed by atoms with Crippen molar-refractivity contribution in [2.45, 2.75) is 20.4 Å². The molecule has 6 nitrogen and oxygen atoms in total. The van der Waals surface area contributed by atoms with Gasteiger partial charge in [0.25, 0.3) is 0 Å². The summed E-state index contributed by atoms with van der Waals surface area (Å²) in [4.78, 5) is 10.4. The van der Waals surface area contributed by atoms with E-state index < -0.39 is 4.92 Å². The summed E-state index contributed by atoms with van der Waals surface area (Å²) in [6.45, 7) is 5.75. The number of nitrogens with zero attached hydrogens (tertiary/aromatic N) is 1. The van der Waals surface area contributed by atoms with Crippen molar-refractivity contribution < 1.29 is 14.4 Å². The Balaban J connectivity index is 2.57. The Hall–Kier alpha value is -1.66. The summed E-state index contributed by atoms with van der Waals surface area (Å²) in [6.07, 6.45) is 0. The van der Waals surface area contributed by atoms with Gasteiger partial charge in [0, 0.05) is 19.2 Å². The van der Waals surface area contributed by atoms with Gasteiger partial charge in [-0.15, -0.1) is 0 Å². The Morgan fingerprint density at radius 1 is 1.37 bits per heavy atom. The fourth-order valence-corrected chi connectivity index (χ4v) is 1.48. The molecule has 6 heteroatoms. The van der Waals surface area contributed by atoms with E-state index in [0.717, 1.165) is 5.56 Å². The van der Waals surface area contributed by atoms with Crippen LogP contribution >= 0.6 is 0 Å². The van der Waals surface area contributed by atoms with Crippen LogP contribution in [-0.4, -0.2) is 24.7 Å². The number of nitrogens with two attached hydrogens (primary N) is 1. The van der Waals surface area contributed by atoms with E-state index in [1.807, 2.05) is 0 Å². The number of benzene rings is 1. The molecule has 0 spiro atoms. The van der Waals surface area contributed by atoms with Crippen LogP contribution in [0.15, 0.2) is 18.2 Å². The molecule has 0 radical (unpaired) electrons. The fourth-order valence-electron chi connectivity index (χ4n) is 1.48. The molecule has 1 aromatic rings. The second kappa shape index (κ2) is 7.70. The van der Waals surface area contributed by atoms with Crippen molar-refractivity contribution >= 4 is 5.69 Å². The second-order valence-electron chi connectivity index (χ2n) is 4.58. The molecule has 0 fully saturated rings. The molecule has 0 amide bonds. The highest BCUT2D eigenvalue weighted by Crippen LogP contribution is 2.27. The molecular weight excluding hydrogens is 248 g/mol. The molecule has 0 aromatic heterocycles. The van der Waals surface area contributed by atoms with Crippen molar-refractivity contribution in [1.82, 2.24) is 0 Å². The third-order valence-electron chi connectivity index (χ3n) is 2.39.